The van der Waals surface area contributed by atoms with E-state index in [0.717, 1.165) is 12.0 Å². The summed E-state index contributed by atoms with van der Waals surface area (Å²) >= 11 is 0. The second-order valence-electron chi connectivity index (χ2n) is 6.64. The van der Waals surface area contributed by atoms with Crippen LogP contribution in [-0.4, -0.2) is 7.11 Å². The fraction of sp³-hybridized carbons (Fsp3) is 0.429. The summed E-state index contributed by atoms with van der Waals surface area (Å²) in [5, 5.41) is 0. The van der Waals surface area contributed by atoms with Crippen LogP contribution >= 0.6 is 0 Å². The minimum atomic E-state index is -0.179. The Hall–Kier alpha value is -1.83. The lowest BCUT2D eigenvalue weighted by Gasteiger charge is -2.21. The zero-order chi connectivity index (χ0) is 16.4. The van der Waals surface area contributed by atoms with Crippen LogP contribution < -0.4 is 4.74 Å². The topological polar surface area (TPSA) is 9.23 Å². The molecule has 0 radical (unpaired) electrons. The summed E-state index contributed by atoms with van der Waals surface area (Å²) in [5.74, 6) is 1.71. The van der Waals surface area contributed by atoms with Crippen LogP contribution in [0.15, 0.2) is 36.4 Å². The molecule has 0 saturated heterocycles. The molecule has 1 aliphatic rings. The maximum Gasteiger partial charge on any atom is 0.131 e. The second kappa shape index (κ2) is 6.74. The van der Waals surface area contributed by atoms with Gasteiger partial charge in [0.15, 0.2) is 0 Å². The van der Waals surface area contributed by atoms with Crippen molar-refractivity contribution >= 4 is 0 Å². The van der Waals surface area contributed by atoms with Crippen molar-refractivity contribution in [2.45, 2.75) is 45.4 Å². The van der Waals surface area contributed by atoms with Gasteiger partial charge in [0.2, 0.25) is 0 Å². The predicted molar refractivity (Wildman–Crippen MR) is 93.5 cm³/mol. The highest BCUT2D eigenvalue weighted by Crippen LogP contribution is 2.44. The van der Waals surface area contributed by atoms with Gasteiger partial charge in [0.1, 0.15) is 11.6 Å². The zero-order valence-corrected chi connectivity index (χ0v) is 14.2. The summed E-state index contributed by atoms with van der Waals surface area (Å²) in [6.45, 7) is 4.49. The third-order valence-corrected chi connectivity index (χ3v) is 5.25. The number of rotatable bonds is 4. The van der Waals surface area contributed by atoms with Gasteiger partial charge >= 0.3 is 0 Å². The molecule has 0 N–H and O–H groups in total. The molecule has 0 unspecified atom stereocenters. The first kappa shape index (κ1) is 16.0. The van der Waals surface area contributed by atoms with Gasteiger partial charge in [0.05, 0.1) is 7.11 Å². The van der Waals surface area contributed by atoms with E-state index >= 15 is 0 Å². The highest BCUT2D eigenvalue weighted by atomic mass is 19.1. The van der Waals surface area contributed by atoms with Crippen LogP contribution in [0, 0.1) is 11.7 Å². The largest absolute Gasteiger partial charge is 0.497 e. The summed E-state index contributed by atoms with van der Waals surface area (Å²) in [4.78, 5) is 0. The summed E-state index contributed by atoms with van der Waals surface area (Å²) in [6, 6.07) is 11.5. The van der Waals surface area contributed by atoms with Crippen LogP contribution in [-0.2, 0) is 6.42 Å². The van der Waals surface area contributed by atoms with Gasteiger partial charge in [-0.15, -0.1) is 0 Å². The highest BCUT2D eigenvalue weighted by Gasteiger charge is 2.28. The number of methoxy groups -OCH3 is 1. The van der Waals surface area contributed by atoms with Crippen LogP contribution in [0.3, 0.4) is 0 Å². The van der Waals surface area contributed by atoms with Gasteiger partial charge in [-0.05, 0) is 59.6 Å². The summed E-state index contributed by atoms with van der Waals surface area (Å²) < 4.78 is 19.8. The van der Waals surface area contributed by atoms with E-state index in [1.165, 1.54) is 36.5 Å². The Labute approximate surface area is 138 Å². The Bertz CT molecular complexity index is 692. The van der Waals surface area contributed by atoms with E-state index in [0.29, 0.717) is 23.1 Å². The number of aryl methyl sites for hydroxylation is 1. The fourth-order valence-corrected chi connectivity index (χ4v) is 3.83. The van der Waals surface area contributed by atoms with E-state index in [1.807, 2.05) is 6.07 Å². The normalized spacial score (nSPS) is 20.7. The molecule has 0 aromatic heterocycles. The molecule has 0 amide bonds. The molecule has 0 aliphatic heterocycles. The lowest BCUT2D eigenvalue weighted by atomic mass is 9.83. The third kappa shape index (κ3) is 3.12. The molecule has 2 atom stereocenters. The Morgan fingerprint density at radius 3 is 2.57 bits per heavy atom. The fourth-order valence-electron chi connectivity index (χ4n) is 3.83. The van der Waals surface area contributed by atoms with Gasteiger partial charge < -0.3 is 4.74 Å². The first-order valence-corrected chi connectivity index (χ1v) is 8.60. The van der Waals surface area contributed by atoms with Gasteiger partial charge in [-0.25, -0.2) is 4.39 Å². The average Bonchev–Trinajstić information content (AvgIpc) is 3.01. The van der Waals surface area contributed by atoms with Crippen LogP contribution in [0.2, 0.25) is 0 Å². The lowest BCUT2D eigenvalue weighted by Crippen LogP contribution is -2.05. The molecule has 3 rings (SSSR count). The zero-order valence-electron chi connectivity index (χ0n) is 14.2. The Kier molecular flexibility index (Phi) is 4.70. The minimum absolute atomic E-state index is 0.179. The standard InChI is InChI=1S/C21H25FO/c1-4-15-8-10-18(19(12-15)17-7-5-6-14(17)2)20-13-16(23-3)9-11-21(20)22/h8-14,17H,4-7H2,1-3H3/t14-,17+/m1/s1. The first-order chi connectivity index (χ1) is 11.1. The predicted octanol–water partition coefficient (Wildman–Crippen LogP) is 5.97. The molecule has 122 valence electrons. The maximum atomic E-state index is 14.5. The summed E-state index contributed by atoms with van der Waals surface area (Å²) in [6.07, 6.45) is 4.74. The molecule has 0 spiro atoms. The van der Waals surface area contributed by atoms with Crippen molar-refractivity contribution in [1.29, 1.82) is 0 Å². The highest BCUT2D eigenvalue weighted by molar-refractivity contribution is 5.70. The SMILES string of the molecule is CCc1ccc(-c2cc(OC)ccc2F)c([C@H]2CCC[C@H]2C)c1. The van der Waals surface area contributed by atoms with E-state index in [2.05, 4.69) is 32.0 Å². The van der Waals surface area contributed by atoms with Crippen molar-refractivity contribution in [2.75, 3.05) is 7.11 Å². The van der Waals surface area contributed by atoms with E-state index in [1.54, 1.807) is 13.2 Å². The average molecular weight is 312 g/mol. The number of benzene rings is 2. The van der Waals surface area contributed by atoms with Gasteiger partial charge in [-0.1, -0.05) is 44.9 Å². The Morgan fingerprint density at radius 1 is 1.09 bits per heavy atom. The molecule has 23 heavy (non-hydrogen) atoms. The minimum Gasteiger partial charge on any atom is -0.497 e. The lowest BCUT2D eigenvalue weighted by molar-refractivity contribution is 0.414. The van der Waals surface area contributed by atoms with Crippen LogP contribution in [0.5, 0.6) is 5.75 Å². The van der Waals surface area contributed by atoms with Crippen molar-refractivity contribution in [3.63, 3.8) is 0 Å². The van der Waals surface area contributed by atoms with E-state index in [9.17, 15) is 4.39 Å². The summed E-state index contributed by atoms with van der Waals surface area (Å²) in [5.41, 5.74) is 4.31. The molecule has 1 nitrogen and oxygen atoms in total. The van der Waals surface area contributed by atoms with Crippen molar-refractivity contribution < 1.29 is 9.13 Å². The smallest absolute Gasteiger partial charge is 0.131 e. The van der Waals surface area contributed by atoms with Crippen molar-refractivity contribution in [2.24, 2.45) is 5.92 Å². The van der Waals surface area contributed by atoms with Gasteiger partial charge in [0.25, 0.3) is 0 Å². The van der Waals surface area contributed by atoms with E-state index in [-0.39, 0.29) is 5.82 Å². The molecule has 1 fully saturated rings. The van der Waals surface area contributed by atoms with Crippen LogP contribution in [0.25, 0.3) is 11.1 Å². The van der Waals surface area contributed by atoms with Gasteiger partial charge in [-0.2, -0.15) is 0 Å². The molecule has 1 saturated carbocycles. The maximum absolute atomic E-state index is 14.5. The van der Waals surface area contributed by atoms with Crippen molar-refractivity contribution in [1.82, 2.24) is 0 Å². The monoisotopic (exact) mass is 312 g/mol. The van der Waals surface area contributed by atoms with E-state index < -0.39 is 0 Å². The molecular weight excluding hydrogens is 287 g/mol. The molecular formula is C21H25FO. The Balaban J connectivity index is 2.15. The molecule has 0 bridgehead atoms. The Morgan fingerprint density at radius 2 is 1.91 bits per heavy atom. The van der Waals surface area contributed by atoms with E-state index in [4.69, 9.17) is 4.74 Å². The van der Waals surface area contributed by atoms with Crippen molar-refractivity contribution in [3.05, 3.63) is 53.3 Å². The quantitative estimate of drug-likeness (QED) is 0.676. The van der Waals surface area contributed by atoms with Crippen molar-refractivity contribution in [3.8, 4) is 16.9 Å². The van der Waals surface area contributed by atoms with Gasteiger partial charge in [0, 0.05) is 5.56 Å². The van der Waals surface area contributed by atoms with Crippen LogP contribution in [0.4, 0.5) is 4.39 Å². The molecule has 1 aliphatic carbocycles. The molecule has 0 heterocycles. The summed E-state index contributed by atoms with van der Waals surface area (Å²) in [7, 11) is 1.62. The van der Waals surface area contributed by atoms with Gasteiger partial charge in [-0.3, -0.25) is 0 Å². The molecule has 2 aromatic rings. The number of hydrogen-bond acceptors (Lipinski definition) is 1. The van der Waals surface area contributed by atoms with Crippen LogP contribution in [0.1, 0.15) is 50.2 Å². The number of ether oxygens (including phenoxy) is 1. The number of hydrogen-bond donors (Lipinski definition) is 0. The second-order valence-corrected chi connectivity index (χ2v) is 6.64. The molecule has 2 heteroatoms. The first-order valence-electron chi connectivity index (χ1n) is 8.60. The number of halogens is 1. The molecule has 2 aromatic carbocycles. The third-order valence-electron chi connectivity index (χ3n) is 5.25.